The quantitative estimate of drug-likeness (QED) is 0.621. The maximum Gasteiger partial charge on any atom is 0.258 e. The maximum atomic E-state index is 10.5. The van der Waals surface area contributed by atoms with Crippen LogP contribution in [0.25, 0.3) is 0 Å². The van der Waals surface area contributed by atoms with E-state index in [1.54, 1.807) is 6.07 Å². The molecule has 1 aromatic heterocycles. The molecule has 1 heterocycles. The number of hydrogen-bond acceptors (Lipinski definition) is 3. The first kappa shape index (κ1) is 6.51. The van der Waals surface area contributed by atoms with Gasteiger partial charge in [-0.25, -0.2) is 0 Å². The lowest BCUT2D eigenvalue weighted by Crippen LogP contribution is -2.03. The molecular formula is C5H8N2OS. The molecule has 0 saturated heterocycles. The number of aromatic nitrogens is 1. The molecule has 50 valence electrons. The van der Waals surface area contributed by atoms with Gasteiger partial charge in [-0.05, 0) is 7.05 Å². The van der Waals surface area contributed by atoms with Gasteiger partial charge in [-0.1, -0.05) is 11.5 Å². The predicted octanol–water partition coefficient (Wildman–Crippen LogP) is 0.156. The average Bonchev–Trinajstić information content (AvgIpc) is 2.17. The van der Waals surface area contributed by atoms with Gasteiger partial charge in [0.05, 0.1) is 0 Å². The van der Waals surface area contributed by atoms with Crippen molar-refractivity contribution in [1.82, 2.24) is 9.69 Å². The second kappa shape index (κ2) is 2.80. The van der Waals surface area contributed by atoms with Crippen molar-refractivity contribution >= 4 is 11.5 Å². The fraction of sp³-hybridized carbons (Fsp3) is 0.400. The molecule has 0 saturated carbocycles. The Morgan fingerprint density at radius 2 is 2.67 bits per heavy atom. The van der Waals surface area contributed by atoms with Crippen molar-refractivity contribution in [1.29, 1.82) is 0 Å². The minimum Gasteiger partial charge on any atom is -0.315 e. The SMILES string of the molecule is CNCc1cc(=O)[nH]s1. The lowest BCUT2D eigenvalue weighted by molar-refractivity contribution is 0.831. The zero-order valence-electron chi connectivity index (χ0n) is 5.10. The van der Waals surface area contributed by atoms with Gasteiger partial charge in [-0.2, -0.15) is 0 Å². The van der Waals surface area contributed by atoms with E-state index in [1.807, 2.05) is 7.05 Å². The highest BCUT2D eigenvalue weighted by molar-refractivity contribution is 7.05. The summed E-state index contributed by atoms with van der Waals surface area (Å²) in [4.78, 5) is 11.5. The Morgan fingerprint density at radius 1 is 1.89 bits per heavy atom. The lowest BCUT2D eigenvalue weighted by atomic mass is 10.5. The molecule has 0 aliphatic rings. The highest BCUT2D eigenvalue weighted by Gasteiger charge is 1.92. The summed E-state index contributed by atoms with van der Waals surface area (Å²) in [5, 5.41) is 2.95. The second-order valence-electron chi connectivity index (χ2n) is 1.71. The van der Waals surface area contributed by atoms with Crippen molar-refractivity contribution in [2.45, 2.75) is 6.54 Å². The zero-order valence-corrected chi connectivity index (χ0v) is 5.92. The largest absolute Gasteiger partial charge is 0.315 e. The Morgan fingerprint density at radius 3 is 3.11 bits per heavy atom. The van der Waals surface area contributed by atoms with Crippen molar-refractivity contribution in [2.75, 3.05) is 7.05 Å². The summed E-state index contributed by atoms with van der Waals surface area (Å²) >= 11 is 1.37. The summed E-state index contributed by atoms with van der Waals surface area (Å²) in [6.07, 6.45) is 0. The van der Waals surface area contributed by atoms with E-state index in [1.165, 1.54) is 11.5 Å². The summed E-state index contributed by atoms with van der Waals surface area (Å²) in [7, 11) is 1.85. The highest BCUT2D eigenvalue weighted by Crippen LogP contribution is 1.97. The van der Waals surface area contributed by atoms with Gasteiger partial charge in [0.1, 0.15) is 0 Å². The van der Waals surface area contributed by atoms with Crippen molar-refractivity contribution in [2.24, 2.45) is 0 Å². The fourth-order valence-corrected chi connectivity index (χ4v) is 1.26. The molecule has 2 N–H and O–H groups in total. The van der Waals surface area contributed by atoms with Gasteiger partial charge < -0.3 is 5.32 Å². The summed E-state index contributed by atoms with van der Waals surface area (Å²) < 4.78 is 2.60. The normalized spacial score (nSPS) is 9.89. The first-order valence-electron chi connectivity index (χ1n) is 2.65. The molecular weight excluding hydrogens is 136 g/mol. The molecule has 0 radical (unpaired) electrons. The molecule has 0 fully saturated rings. The third kappa shape index (κ3) is 1.65. The first-order chi connectivity index (χ1) is 4.33. The molecule has 0 aliphatic heterocycles. The smallest absolute Gasteiger partial charge is 0.258 e. The van der Waals surface area contributed by atoms with Crippen LogP contribution in [-0.2, 0) is 6.54 Å². The van der Waals surface area contributed by atoms with Crippen molar-refractivity contribution in [3.8, 4) is 0 Å². The molecule has 0 amide bonds. The van der Waals surface area contributed by atoms with Crippen molar-refractivity contribution in [3.63, 3.8) is 0 Å². The maximum absolute atomic E-state index is 10.5. The Hall–Kier alpha value is -0.610. The fourth-order valence-electron chi connectivity index (χ4n) is 0.582. The predicted molar refractivity (Wildman–Crippen MR) is 37.7 cm³/mol. The number of nitrogens with one attached hydrogen (secondary N) is 2. The average molecular weight is 144 g/mol. The monoisotopic (exact) mass is 144 g/mol. The number of aromatic amines is 1. The van der Waals surface area contributed by atoms with Crippen LogP contribution in [0.3, 0.4) is 0 Å². The first-order valence-corrected chi connectivity index (χ1v) is 3.46. The molecule has 0 unspecified atom stereocenters. The van der Waals surface area contributed by atoms with Crippen LogP contribution in [0, 0.1) is 0 Å². The van der Waals surface area contributed by atoms with Gasteiger partial charge in [-0.3, -0.25) is 9.17 Å². The summed E-state index contributed by atoms with van der Waals surface area (Å²) in [6, 6.07) is 1.60. The van der Waals surface area contributed by atoms with Gasteiger partial charge in [-0.15, -0.1) is 0 Å². The van der Waals surface area contributed by atoms with Crippen LogP contribution in [0.4, 0.5) is 0 Å². The van der Waals surface area contributed by atoms with E-state index in [-0.39, 0.29) is 5.56 Å². The Balaban J connectivity index is 2.73. The van der Waals surface area contributed by atoms with E-state index in [4.69, 9.17) is 0 Å². The molecule has 0 atom stereocenters. The number of rotatable bonds is 2. The molecule has 0 bridgehead atoms. The minimum atomic E-state index is -0.00903. The third-order valence-corrected chi connectivity index (χ3v) is 1.75. The molecule has 1 rings (SSSR count). The molecule has 0 aliphatic carbocycles. The molecule has 1 aromatic rings. The van der Waals surface area contributed by atoms with Gasteiger partial charge >= 0.3 is 0 Å². The highest BCUT2D eigenvalue weighted by atomic mass is 32.1. The van der Waals surface area contributed by atoms with Gasteiger partial charge in [0.2, 0.25) is 0 Å². The summed E-state index contributed by atoms with van der Waals surface area (Å²) in [6.45, 7) is 0.767. The minimum absolute atomic E-state index is 0.00903. The second-order valence-corrected chi connectivity index (χ2v) is 2.64. The van der Waals surface area contributed by atoms with Crippen LogP contribution in [0.1, 0.15) is 4.88 Å². The Labute approximate surface area is 56.9 Å². The third-order valence-electron chi connectivity index (χ3n) is 0.926. The van der Waals surface area contributed by atoms with Crippen LogP contribution in [-0.4, -0.2) is 11.4 Å². The Kier molecular flexibility index (Phi) is 2.02. The van der Waals surface area contributed by atoms with Crippen LogP contribution in [0.2, 0.25) is 0 Å². The van der Waals surface area contributed by atoms with Crippen LogP contribution >= 0.6 is 11.5 Å². The van der Waals surface area contributed by atoms with E-state index < -0.39 is 0 Å². The topological polar surface area (TPSA) is 44.9 Å². The lowest BCUT2D eigenvalue weighted by Gasteiger charge is -1.87. The molecule has 4 heteroatoms. The molecule has 0 aromatic carbocycles. The standard InChI is InChI=1S/C5H8N2OS/c1-6-3-4-2-5(8)7-9-4/h2,6H,3H2,1H3,(H,7,8). The van der Waals surface area contributed by atoms with Crippen molar-refractivity contribution < 1.29 is 0 Å². The molecule has 0 spiro atoms. The van der Waals surface area contributed by atoms with Crippen molar-refractivity contribution in [3.05, 3.63) is 21.3 Å². The van der Waals surface area contributed by atoms with E-state index in [0.717, 1.165) is 11.4 Å². The van der Waals surface area contributed by atoms with Crippen LogP contribution in [0.15, 0.2) is 10.9 Å². The van der Waals surface area contributed by atoms with Crippen LogP contribution < -0.4 is 10.9 Å². The number of hydrogen-bond donors (Lipinski definition) is 2. The van der Waals surface area contributed by atoms with Gasteiger partial charge in [0.15, 0.2) is 0 Å². The summed E-state index contributed by atoms with van der Waals surface area (Å²) in [5.74, 6) is 0. The Bertz CT molecular complexity index is 227. The van der Waals surface area contributed by atoms with Gasteiger partial charge in [0.25, 0.3) is 5.56 Å². The van der Waals surface area contributed by atoms with E-state index >= 15 is 0 Å². The van der Waals surface area contributed by atoms with Crippen LogP contribution in [0.5, 0.6) is 0 Å². The molecule has 9 heavy (non-hydrogen) atoms. The summed E-state index contributed by atoms with van der Waals surface area (Å²) in [5.41, 5.74) is -0.00903. The van der Waals surface area contributed by atoms with E-state index in [9.17, 15) is 4.79 Å². The van der Waals surface area contributed by atoms with Gasteiger partial charge in [0, 0.05) is 17.5 Å². The zero-order chi connectivity index (χ0) is 6.69. The van der Waals surface area contributed by atoms with E-state index in [0.29, 0.717) is 0 Å². The molecule has 3 nitrogen and oxygen atoms in total. The van der Waals surface area contributed by atoms with E-state index in [2.05, 4.69) is 9.69 Å². The number of H-pyrrole nitrogens is 1.